The zero-order valence-corrected chi connectivity index (χ0v) is 17.5. The summed E-state index contributed by atoms with van der Waals surface area (Å²) in [6.07, 6.45) is 4.09. The normalized spacial score (nSPS) is 15.4. The number of ether oxygens (including phenoxy) is 1. The van der Waals surface area contributed by atoms with Crippen molar-refractivity contribution >= 4 is 29.9 Å². The molecule has 1 aliphatic rings. The van der Waals surface area contributed by atoms with Crippen LogP contribution in [0.5, 0.6) is 5.88 Å². The van der Waals surface area contributed by atoms with Gasteiger partial charge in [0.1, 0.15) is 6.61 Å². The van der Waals surface area contributed by atoms with Crippen LogP contribution in [-0.2, 0) is 13.2 Å². The maximum absolute atomic E-state index is 6.17. The van der Waals surface area contributed by atoms with Crippen molar-refractivity contribution in [3.05, 3.63) is 59.8 Å². The van der Waals surface area contributed by atoms with E-state index in [1.807, 2.05) is 42.5 Å². The first-order valence-corrected chi connectivity index (χ1v) is 8.88. The maximum Gasteiger partial charge on any atom is 0.218 e. The van der Waals surface area contributed by atoms with E-state index >= 15 is 0 Å². The Hall–Kier alpha value is -1.83. The summed E-state index contributed by atoms with van der Waals surface area (Å²) in [4.78, 5) is 11.1. The van der Waals surface area contributed by atoms with E-state index in [9.17, 15) is 0 Å². The van der Waals surface area contributed by atoms with Gasteiger partial charge in [-0.3, -0.25) is 0 Å². The molecule has 1 aliphatic heterocycles. The van der Waals surface area contributed by atoms with Crippen LogP contribution in [-0.4, -0.2) is 28.9 Å². The Bertz CT molecular complexity index is 700. The predicted molar refractivity (Wildman–Crippen MR) is 116 cm³/mol. The summed E-state index contributed by atoms with van der Waals surface area (Å²) in [6.45, 7) is 5.24. The number of piperidine rings is 1. The molecule has 0 saturated carbocycles. The second-order valence-electron chi connectivity index (χ2n) is 6.59. The first-order chi connectivity index (χ1) is 12.2. The minimum Gasteiger partial charge on any atom is -0.473 e. The van der Waals surface area contributed by atoms with Crippen LogP contribution >= 0.6 is 24.0 Å². The molecule has 0 spiro atoms. The predicted octanol–water partition coefficient (Wildman–Crippen LogP) is 3.83. The van der Waals surface area contributed by atoms with Gasteiger partial charge in [0, 0.05) is 24.8 Å². The highest BCUT2D eigenvalue weighted by Gasteiger charge is 2.17. The van der Waals surface area contributed by atoms with Crippen molar-refractivity contribution in [3.63, 3.8) is 0 Å². The Morgan fingerprint density at radius 1 is 1.19 bits per heavy atom. The van der Waals surface area contributed by atoms with E-state index in [-0.39, 0.29) is 24.0 Å². The van der Waals surface area contributed by atoms with Gasteiger partial charge >= 0.3 is 0 Å². The van der Waals surface area contributed by atoms with Crippen molar-refractivity contribution in [3.8, 4) is 5.88 Å². The van der Waals surface area contributed by atoms with E-state index in [2.05, 4.69) is 21.8 Å². The summed E-state index contributed by atoms with van der Waals surface area (Å²) >= 11 is 0. The van der Waals surface area contributed by atoms with Crippen LogP contribution < -0.4 is 10.5 Å². The Morgan fingerprint density at radius 2 is 1.92 bits per heavy atom. The number of rotatable bonds is 5. The molecule has 2 heterocycles. The molecule has 3 rings (SSSR count). The first-order valence-electron chi connectivity index (χ1n) is 8.88. The number of guanidine groups is 1. The average molecular weight is 466 g/mol. The molecule has 1 aromatic heterocycles. The Labute approximate surface area is 172 Å². The van der Waals surface area contributed by atoms with Gasteiger partial charge in [0.05, 0.1) is 6.54 Å². The van der Waals surface area contributed by atoms with Crippen molar-refractivity contribution in [2.24, 2.45) is 16.6 Å². The number of aliphatic imine (C=N–C) groups is 1. The number of nitrogens with zero attached hydrogens (tertiary/aromatic N) is 3. The Balaban J connectivity index is 0.00000243. The Morgan fingerprint density at radius 3 is 2.65 bits per heavy atom. The molecule has 5 nitrogen and oxygen atoms in total. The van der Waals surface area contributed by atoms with Crippen LogP contribution in [0.15, 0.2) is 53.7 Å². The molecular formula is C20H27IN4O. The fourth-order valence-electron chi connectivity index (χ4n) is 2.90. The van der Waals surface area contributed by atoms with Crippen LogP contribution in [0, 0.1) is 5.92 Å². The molecule has 0 bridgehead atoms. The lowest BCUT2D eigenvalue weighted by molar-refractivity contribution is 0.277. The molecule has 2 N–H and O–H groups in total. The van der Waals surface area contributed by atoms with Crippen molar-refractivity contribution in [2.45, 2.75) is 32.9 Å². The van der Waals surface area contributed by atoms with Crippen LogP contribution in [0.3, 0.4) is 0 Å². The van der Waals surface area contributed by atoms with Gasteiger partial charge < -0.3 is 15.4 Å². The van der Waals surface area contributed by atoms with Gasteiger partial charge in [-0.2, -0.15) is 0 Å². The van der Waals surface area contributed by atoms with Crippen molar-refractivity contribution < 1.29 is 4.74 Å². The summed E-state index contributed by atoms with van der Waals surface area (Å²) in [5.41, 5.74) is 8.24. The lowest BCUT2D eigenvalue weighted by atomic mass is 10.00. The molecule has 0 amide bonds. The molecule has 2 aromatic rings. The quantitative estimate of drug-likeness (QED) is 0.414. The van der Waals surface area contributed by atoms with E-state index in [0.29, 0.717) is 25.0 Å². The Kier molecular flexibility index (Phi) is 8.15. The van der Waals surface area contributed by atoms with Gasteiger partial charge in [-0.1, -0.05) is 43.3 Å². The van der Waals surface area contributed by atoms with Crippen molar-refractivity contribution in [2.75, 3.05) is 13.1 Å². The largest absolute Gasteiger partial charge is 0.473 e. The summed E-state index contributed by atoms with van der Waals surface area (Å²) < 4.78 is 5.88. The fourth-order valence-corrected chi connectivity index (χ4v) is 2.90. The lowest BCUT2D eigenvalue weighted by Gasteiger charge is -2.31. The highest BCUT2D eigenvalue weighted by Crippen LogP contribution is 2.18. The molecule has 1 fully saturated rings. The van der Waals surface area contributed by atoms with E-state index in [1.165, 1.54) is 12.8 Å². The topological polar surface area (TPSA) is 63.7 Å². The van der Waals surface area contributed by atoms with Gasteiger partial charge in [-0.05, 0) is 30.4 Å². The molecule has 0 atom stereocenters. The number of likely N-dealkylation sites (tertiary alicyclic amines) is 1. The van der Waals surface area contributed by atoms with Crippen LogP contribution in [0.25, 0.3) is 0 Å². The molecule has 140 valence electrons. The molecule has 1 aromatic carbocycles. The monoisotopic (exact) mass is 466 g/mol. The lowest BCUT2D eigenvalue weighted by Crippen LogP contribution is -2.42. The minimum absolute atomic E-state index is 0. The molecule has 6 heteroatoms. The number of nitrogens with two attached hydrogens (primary N) is 1. The van der Waals surface area contributed by atoms with Gasteiger partial charge in [-0.25, -0.2) is 9.98 Å². The third-order valence-electron chi connectivity index (χ3n) is 4.59. The zero-order valence-electron chi connectivity index (χ0n) is 15.2. The molecule has 26 heavy (non-hydrogen) atoms. The number of halogens is 1. The summed E-state index contributed by atoms with van der Waals surface area (Å²) in [5, 5.41) is 0. The van der Waals surface area contributed by atoms with E-state index in [1.54, 1.807) is 6.20 Å². The molecule has 1 saturated heterocycles. The zero-order chi connectivity index (χ0) is 17.5. The van der Waals surface area contributed by atoms with Crippen LogP contribution in [0.2, 0.25) is 0 Å². The molecule has 0 unspecified atom stereocenters. The number of hydrogen-bond donors (Lipinski definition) is 1. The fraction of sp³-hybridized carbons (Fsp3) is 0.400. The SMILES string of the molecule is CC1CCN(C(N)=NCc2cccnc2OCc2ccccc2)CC1.I. The second-order valence-corrected chi connectivity index (χ2v) is 6.59. The number of benzene rings is 1. The first kappa shape index (κ1) is 20.5. The molecule has 0 radical (unpaired) electrons. The van der Waals surface area contributed by atoms with Gasteiger partial charge in [0.2, 0.25) is 5.88 Å². The van der Waals surface area contributed by atoms with Crippen LogP contribution in [0.1, 0.15) is 30.9 Å². The van der Waals surface area contributed by atoms with E-state index in [4.69, 9.17) is 10.5 Å². The van der Waals surface area contributed by atoms with Crippen molar-refractivity contribution in [1.82, 2.24) is 9.88 Å². The summed E-state index contributed by atoms with van der Waals surface area (Å²) in [6, 6.07) is 14.0. The highest BCUT2D eigenvalue weighted by molar-refractivity contribution is 14.0. The van der Waals surface area contributed by atoms with Gasteiger partial charge in [-0.15, -0.1) is 24.0 Å². The van der Waals surface area contributed by atoms with Gasteiger partial charge in [0.25, 0.3) is 0 Å². The molecular weight excluding hydrogens is 439 g/mol. The highest BCUT2D eigenvalue weighted by atomic mass is 127. The van der Waals surface area contributed by atoms with E-state index < -0.39 is 0 Å². The average Bonchev–Trinajstić information content (AvgIpc) is 2.66. The van der Waals surface area contributed by atoms with Crippen LogP contribution in [0.4, 0.5) is 0 Å². The number of aromatic nitrogens is 1. The molecule has 0 aliphatic carbocycles. The number of pyridine rings is 1. The smallest absolute Gasteiger partial charge is 0.218 e. The summed E-state index contributed by atoms with van der Waals surface area (Å²) in [7, 11) is 0. The van der Waals surface area contributed by atoms with Gasteiger partial charge in [0.15, 0.2) is 5.96 Å². The third-order valence-corrected chi connectivity index (χ3v) is 4.59. The number of hydrogen-bond acceptors (Lipinski definition) is 3. The summed E-state index contributed by atoms with van der Waals surface area (Å²) in [5.74, 6) is 2.01. The van der Waals surface area contributed by atoms with E-state index in [0.717, 1.165) is 30.1 Å². The second kappa shape index (κ2) is 10.4. The standard InChI is InChI=1S/C20H26N4O.HI/c1-16-9-12-24(13-10-16)20(21)23-14-18-8-5-11-22-19(18)25-15-17-6-3-2-4-7-17;/h2-8,11,16H,9-10,12-15H2,1H3,(H2,21,23);1H. The maximum atomic E-state index is 6.17. The third kappa shape index (κ3) is 5.86. The minimum atomic E-state index is 0. The van der Waals surface area contributed by atoms with Crippen molar-refractivity contribution in [1.29, 1.82) is 0 Å².